The van der Waals surface area contributed by atoms with Gasteiger partial charge >= 0.3 is 0 Å². The first-order valence-electron chi connectivity index (χ1n) is 5.76. The van der Waals surface area contributed by atoms with E-state index in [1.165, 1.54) is 11.8 Å². The lowest BCUT2D eigenvalue weighted by Crippen LogP contribution is -2.30. The largest absolute Gasteiger partial charge is 0.344 e. The molecule has 100 valence electrons. The monoisotopic (exact) mass is 311 g/mol. The fourth-order valence-corrected chi connectivity index (χ4v) is 2.94. The Morgan fingerprint density at radius 1 is 1.32 bits per heavy atom. The third-order valence-electron chi connectivity index (χ3n) is 2.66. The van der Waals surface area contributed by atoms with Crippen LogP contribution >= 0.6 is 34.7 Å². The molecule has 0 aliphatic carbocycles. The molecule has 0 fully saturated rings. The van der Waals surface area contributed by atoms with Crippen molar-refractivity contribution in [3.8, 4) is 0 Å². The van der Waals surface area contributed by atoms with Crippen LogP contribution in [0.15, 0.2) is 41.1 Å². The molecule has 19 heavy (non-hydrogen) atoms. The molecule has 1 heterocycles. The van der Waals surface area contributed by atoms with Gasteiger partial charge in [0.2, 0.25) is 5.91 Å². The molecule has 1 unspecified atom stereocenters. The van der Waals surface area contributed by atoms with Crippen molar-refractivity contribution in [1.82, 2.24) is 5.32 Å². The average molecular weight is 312 g/mol. The van der Waals surface area contributed by atoms with E-state index in [0.29, 0.717) is 10.8 Å². The molecule has 0 aliphatic heterocycles. The Kier molecular flexibility index (Phi) is 5.31. The highest BCUT2D eigenvalue weighted by Gasteiger charge is 2.16. The van der Waals surface area contributed by atoms with Gasteiger partial charge in [-0.2, -0.15) is 23.1 Å². The molecule has 0 bridgehead atoms. The summed E-state index contributed by atoms with van der Waals surface area (Å²) in [6.45, 7) is 0. The maximum absolute atomic E-state index is 11.8. The molecule has 1 aromatic carbocycles. The fourth-order valence-electron chi connectivity index (χ4n) is 1.79. The Bertz CT molecular complexity index is 525. The standard InChI is InChI=1S/C14H14ClNOS2/c1-18-9-13(17)16-14(11-6-7-19-8-11)10-2-4-12(15)5-3-10/h2-8,14H,9H2,1H3,(H,16,17). The van der Waals surface area contributed by atoms with Gasteiger partial charge in [-0.25, -0.2) is 0 Å². The number of thioether (sulfide) groups is 1. The number of hydrogen-bond donors (Lipinski definition) is 1. The molecule has 1 aromatic heterocycles. The molecule has 0 saturated heterocycles. The lowest BCUT2D eigenvalue weighted by Gasteiger charge is -2.18. The highest BCUT2D eigenvalue weighted by Crippen LogP contribution is 2.25. The van der Waals surface area contributed by atoms with Crippen LogP contribution in [0.5, 0.6) is 0 Å². The smallest absolute Gasteiger partial charge is 0.230 e. The highest BCUT2D eigenvalue weighted by molar-refractivity contribution is 7.99. The summed E-state index contributed by atoms with van der Waals surface area (Å²) >= 11 is 9.05. The van der Waals surface area contributed by atoms with E-state index < -0.39 is 0 Å². The van der Waals surface area contributed by atoms with Crippen molar-refractivity contribution in [3.63, 3.8) is 0 Å². The van der Waals surface area contributed by atoms with Crippen LogP contribution in [-0.2, 0) is 4.79 Å². The second-order valence-corrected chi connectivity index (χ2v) is 6.12. The maximum atomic E-state index is 11.8. The van der Waals surface area contributed by atoms with Crippen LogP contribution in [0.2, 0.25) is 5.02 Å². The van der Waals surface area contributed by atoms with E-state index in [1.807, 2.05) is 42.0 Å². The van der Waals surface area contributed by atoms with Gasteiger partial charge in [-0.15, -0.1) is 0 Å². The summed E-state index contributed by atoms with van der Waals surface area (Å²) in [5, 5.41) is 7.82. The molecular weight excluding hydrogens is 298 g/mol. The van der Waals surface area contributed by atoms with Crippen LogP contribution in [0.25, 0.3) is 0 Å². The number of halogens is 1. The first kappa shape index (κ1) is 14.4. The number of nitrogens with one attached hydrogen (secondary N) is 1. The van der Waals surface area contributed by atoms with E-state index in [1.54, 1.807) is 11.3 Å². The van der Waals surface area contributed by atoms with Gasteiger partial charge in [0.25, 0.3) is 0 Å². The Hall–Kier alpha value is -0.970. The Labute approximate surface area is 126 Å². The van der Waals surface area contributed by atoms with E-state index in [4.69, 9.17) is 11.6 Å². The van der Waals surface area contributed by atoms with Gasteiger partial charge in [-0.05, 0) is 46.3 Å². The Morgan fingerprint density at radius 2 is 2.05 bits per heavy atom. The van der Waals surface area contributed by atoms with Gasteiger partial charge in [0.15, 0.2) is 0 Å². The first-order chi connectivity index (χ1) is 9.20. The topological polar surface area (TPSA) is 29.1 Å². The predicted octanol–water partition coefficient (Wildman–Crippen LogP) is 3.97. The third-order valence-corrected chi connectivity index (χ3v) is 4.16. The quantitative estimate of drug-likeness (QED) is 0.905. The van der Waals surface area contributed by atoms with Crippen LogP contribution in [0.3, 0.4) is 0 Å². The van der Waals surface area contributed by atoms with Gasteiger partial charge in [0, 0.05) is 5.02 Å². The third kappa shape index (κ3) is 4.00. The van der Waals surface area contributed by atoms with Crippen LogP contribution in [0.4, 0.5) is 0 Å². The van der Waals surface area contributed by atoms with E-state index in [9.17, 15) is 4.79 Å². The molecule has 1 atom stereocenters. The molecular formula is C14H14ClNOS2. The minimum Gasteiger partial charge on any atom is -0.344 e. The van der Waals surface area contributed by atoms with Crippen molar-refractivity contribution in [1.29, 1.82) is 0 Å². The highest BCUT2D eigenvalue weighted by atomic mass is 35.5. The van der Waals surface area contributed by atoms with Gasteiger partial charge in [-0.1, -0.05) is 23.7 Å². The summed E-state index contributed by atoms with van der Waals surface area (Å²) in [7, 11) is 0. The van der Waals surface area contributed by atoms with Crippen molar-refractivity contribution in [2.45, 2.75) is 6.04 Å². The number of benzene rings is 1. The van der Waals surface area contributed by atoms with Crippen molar-refractivity contribution >= 4 is 40.6 Å². The van der Waals surface area contributed by atoms with E-state index in [2.05, 4.69) is 10.7 Å². The molecule has 2 nitrogen and oxygen atoms in total. The Morgan fingerprint density at radius 3 is 2.63 bits per heavy atom. The van der Waals surface area contributed by atoms with E-state index >= 15 is 0 Å². The van der Waals surface area contributed by atoms with Crippen LogP contribution < -0.4 is 5.32 Å². The predicted molar refractivity (Wildman–Crippen MR) is 84.1 cm³/mol. The number of amides is 1. The van der Waals surface area contributed by atoms with Gasteiger partial charge in [0.05, 0.1) is 11.8 Å². The second kappa shape index (κ2) is 6.98. The van der Waals surface area contributed by atoms with Crippen LogP contribution in [0.1, 0.15) is 17.2 Å². The number of carbonyl (C=O) groups is 1. The zero-order valence-electron chi connectivity index (χ0n) is 10.4. The summed E-state index contributed by atoms with van der Waals surface area (Å²) < 4.78 is 0. The normalized spacial score (nSPS) is 12.1. The van der Waals surface area contributed by atoms with E-state index in [-0.39, 0.29) is 11.9 Å². The minimum atomic E-state index is -0.108. The van der Waals surface area contributed by atoms with Gasteiger partial charge in [0.1, 0.15) is 0 Å². The molecule has 1 amide bonds. The van der Waals surface area contributed by atoms with Gasteiger partial charge in [-0.3, -0.25) is 4.79 Å². The number of carbonyl (C=O) groups excluding carboxylic acids is 1. The molecule has 1 N–H and O–H groups in total. The first-order valence-corrected chi connectivity index (χ1v) is 8.48. The van der Waals surface area contributed by atoms with Crippen molar-refractivity contribution in [2.24, 2.45) is 0 Å². The number of rotatable bonds is 5. The zero-order chi connectivity index (χ0) is 13.7. The lowest BCUT2D eigenvalue weighted by atomic mass is 10.0. The molecule has 0 radical (unpaired) electrons. The van der Waals surface area contributed by atoms with Crippen LogP contribution in [-0.4, -0.2) is 17.9 Å². The summed E-state index contributed by atoms with van der Waals surface area (Å²) in [5.41, 5.74) is 2.14. The molecule has 2 rings (SSSR count). The average Bonchev–Trinajstić information content (AvgIpc) is 2.91. The summed E-state index contributed by atoms with van der Waals surface area (Å²) in [5.74, 6) is 0.507. The zero-order valence-corrected chi connectivity index (χ0v) is 12.8. The molecule has 0 aliphatic rings. The molecule has 0 spiro atoms. The SMILES string of the molecule is CSCC(=O)NC(c1ccc(Cl)cc1)c1ccsc1. The van der Waals surface area contributed by atoms with E-state index in [0.717, 1.165) is 11.1 Å². The van der Waals surface area contributed by atoms with Crippen molar-refractivity contribution in [2.75, 3.05) is 12.0 Å². The number of thiophene rings is 1. The fraction of sp³-hybridized carbons (Fsp3) is 0.214. The summed E-state index contributed by atoms with van der Waals surface area (Å²) in [4.78, 5) is 11.8. The second-order valence-electron chi connectivity index (χ2n) is 4.04. The maximum Gasteiger partial charge on any atom is 0.230 e. The lowest BCUT2D eigenvalue weighted by molar-refractivity contribution is -0.119. The van der Waals surface area contributed by atoms with Crippen LogP contribution in [0, 0.1) is 0 Å². The molecule has 0 saturated carbocycles. The van der Waals surface area contributed by atoms with Gasteiger partial charge < -0.3 is 5.32 Å². The molecule has 2 aromatic rings. The van der Waals surface area contributed by atoms with Crippen molar-refractivity contribution in [3.05, 3.63) is 57.2 Å². The Balaban J connectivity index is 2.24. The number of hydrogen-bond acceptors (Lipinski definition) is 3. The summed E-state index contributed by atoms with van der Waals surface area (Å²) in [6, 6.07) is 9.51. The molecule has 5 heteroatoms. The minimum absolute atomic E-state index is 0.0404. The van der Waals surface area contributed by atoms with Crippen molar-refractivity contribution < 1.29 is 4.79 Å². The summed E-state index contributed by atoms with van der Waals surface area (Å²) in [6.07, 6.45) is 1.92.